The molecule has 0 spiro atoms. The van der Waals surface area contributed by atoms with Crippen molar-refractivity contribution < 1.29 is 9.53 Å². The highest BCUT2D eigenvalue weighted by atomic mass is 32.1. The number of hydrogen-bond donors (Lipinski definition) is 1. The molecular weight excluding hydrogens is 256 g/mol. The summed E-state index contributed by atoms with van der Waals surface area (Å²) in [7, 11) is 0. The molecule has 1 unspecified atom stereocenters. The summed E-state index contributed by atoms with van der Waals surface area (Å²) in [4.78, 5) is 11.7. The van der Waals surface area contributed by atoms with Gasteiger partial charge in [-0.1, -0.05) is 69.4 Å². The molecule has 106 valence electrons. The normalized spacial score (nSPS) is 12.1. The average Bonchev–Trinajstić information content (AvgIpc) is 2.45. The van der Waals surface area contributed by atoms with E-state index in [-0.39, 0.29) is 11.2 Å². The van der Waals surface area contributed by atoms with Crippen molar-refractivity contribution >= 4 is 18.6 Å². The summed E-state index contributed by atoms with van der Waals surface area (Å²) >= 11 is 4.32. The highest BCUT2D eigenvalue weighted by Gasteiger charge is 2.14. The second-order valence-electron chi connectivity index (χ2n) is 4.81. The van der Waals surface area contributed by atoms with E-state index < -0.39 is 0 Å². The molecule has 1 aromatic rings. The molecule has 1 atom stereocenters. The Balaban J connectivity index is 2.14. The zero-order valence-corrected chi connectivity index (χ0v) is 12.6. The molecule has 0 aliphatic rings. The number of ether oxygens (including phenoxy) is 1. The molecule has 3 heteroatoms. The van der Waals surface area contributed by atoms with Gasteiger partial charge in [-0.2, -0.15) is 12.6 Å². The topological polar surface area (TPSA) is 26.3 Å². The van der Waals surface area contributed by atoms with Crippen LogP contribution in [0.5, 0.6) is 0 Å². The van der Waals surface area contributed by atoms with Crippen LogP contribution in [0.3, 0.4) is 0 Å². The largest absolute Gasteiger partial charge is 0.460 e. The first-order chi connectivity index (χ1) is 9.24. The molecule has 0 aliphatic heterocycles. The Morgan fingerprint density at radius 2 is 1.84 bits per heavy atom. The predicted molar refractivity (Wildman–Crippen MR) is 82.4 cm³/mol. The Hall–Kier alpha value is -0.960. The third kappa shape index (κ3) is 7.26. The number of thiol groups is 1. The van der Waals surface area contributed by atoms with Crippen molar-refractivity contribution in [3.8, 4) is 0 Å². The van der Waals surface area contributed by atoms with Gasteiger partial charge in [-0.05, 0) is 12.0 Å². The van der Waals surface area contributed by atoms with E-state index in [9.17, 15) is 4.79 Å². The van der Waals surface area contributed by atoms with Crippen molar-refractivity contribution in [1.29, 1.82) is 0 Å². The van der Waals surface area contributed by atoms with E-state index in [0.29, 0.717) is 6.61 Å². The van der Waals surface area contributed by atoms with Gasteiger partial charge in [0.2, 0.25) is 0 Å². The zero-order chi connectivity index (χ0) is 13.9. The molecule has 0 saturated carbocycles. The maximum atomic E-state index is 11.7. The van der Waals surface area contributed by atoms with Crippen LogP contribution in [-0.2, 0) is 16.1 Å². The Labute approximate surface area is 122 Å². The average molecular weight is 280 g/mol. The van der Waals surface area contributed by atoms with Crippen LogP contribution in [0.15, 0.2) is 30.3 Å². The fourth-order valence-electron chi connectivity index (χ4n) is 1.88. The monoisotopic (exact) mass is 280 g/mol. The van der Waals surface area contributed by atoms with Gasteiger partial charge in [0.25, 0.3) is 0 Å². The lowest BCUT2D eigenvalue weighted by atomic mass is 10.1. The smallest absolute Gasteiger partial charge is 0.319 e. The van der Waals surface area contributed by atoms with Crippen molar-refractivity contribution in [2.75, 3.05) is 0 Å². The molecular formula is C16H24O2S. The minimum absolute atomic E-state index is 0.206. The molecule has 1 aromatic carbocycles. The van der Waals surface area contributed by atoms with E-state index in [1.165, 1.54) is 25.7 Å². The molecule has 0 aliphatic carbocycles. The molecule has 0 N–H and O–H groups in total. The molecule has 0 radical (unpaired) electrons. The minimum atomic E-state index is -0.287. The van der Waals surface area contributed by atoms with Gasteiger partial charge in [0.15, 0.2) is 0 Å². The zero-order valence-electron chi connectivity index (χ0n) is 11.7. The fraction of sp³-hybridized carbons (Fsp3) is 0.562. The van der Waals surface area contributed by atoms with Gasteiger partial charge >= 0.3 is 5.97 Å². The summed E-state index contributed by atoms with van der Waals surface area (Å²) < 4.78 is 5.25. The van der Waals surface area contributed by atoms with Gasteiger partial charge in [-0.15, -0.1) is 0 Å². The van der Waals surface area contributed by atoms with Crippen LogP contribution >= 0.6 is 12.6 Å². The van der Waals surface area contributed by atoms with Crippen molar-refractivity contribution in [2.24, 2.45) is 0 Å². The van der Waals surface area contributed by atoms with E-state index in [0.717, 1.165) is 18.4 Å². The minimum Gasteiger partial charge on any atom is -0.460 e. The van der Waals surface area contributed by atoms with Crippen LogP contribution in [-0.4, -0.2) is 11.2 Å². The van der Waals surface area contributed by atoms with Gasteiger partial charge in [-0.3, -0.25) is 4.79 Å². The first kappa shape index (κ1) is 16.1. The van der Waals surface area contributed by atoms with Gasteiger partial charge in [-0.25, -0.2) is 0 Å². The number of unbranched alkanes of at least 4 members (excludes halogenated alkanes) is 4. The molecule has 0 aromatic heterocycles. The highest BCUT2D eigenvalue weighted by Crippen LogP contribution is 2.13. The van der Waals surface area contributed by atoms with Crippen molar-refractivity contribution in [2.45, 2.75) is 57.3 Å². The standard InChI is InChI=1S/C16H24O2S/c1-2-3-4-5-9-12-15(19)16(17)18-13-14-10-7-6-8-11-14/h6-8,10-11,15,19H,2-5,9,12-13H2,1H3. The van der Waals surface area contributed by atoms with E-state index in [2.05, 4.69) is 19.6 Å². The lowest BCUT2D eigenvalue weighted by Crippen LogP contribution is -2.17. The van der Waals surface area contributed by atoms with Crippen LogP contribution in [0.2, 0.25) is 0 Å². The molecule has 0 saturated heterocycles. The number of carbonyl (C=O) groups is 1. The van der Waals surface area contributed by atoms with Gasteiger partial charge in [0.1, 0.15) is 6.61 Å². The van der Waals surface area contributed by atoms with Crippen LogP contribution in [0, 0.1) is 0 Å². The molecule has 0 amide bonds. The van der Waals surface area contributed by atoms with Crippen LogP contribution in [0.25, 0.3) is 0 Å². The number of carbonyl (C=O) groups excluding carboxylic acids is 1. The number of benzene rings is 1. The summed E-state index contributed by atoms with van der Waals surface area (Å²) in [6, 6.07) is 9.73. The van der Waals surface area contributed by atoms with Crippen molar-refractivity contribution in [1.82, 2.24) is 0 Å². The van der Waals surface area contributed by atoms with Crippen LogP contribution < -0.4 is 0 Å². The first-order valence-electron chi connectivity index (χ1n) is 7.12. The first-order valence-corrected chi connectivity index (χ1v) is 7.64. The van der Waals surface area contributed by atoms with Crippen molar-refractivity contribution in [3.63, 3.8) is 0 Å². The molecule has 1 rings (SSSR count). The second-order valence-corrected chi connectivity index (χ2v) is 5.44. The summed E-state index contributed by atoms with van der Waals surface area (Å²) in [5, 5.41) is -0.287. The Bertz CT molecular complexity index is 351. The van der Waals surface area contributed by atoms with Crippen LogP contribution in [0.1, 0.15) is 51.0 Å². The molecule has 0 heterocycles. The summed E-state index contributed by atoms with van der Waals surface area (Å²) in [5.74, 6) is -0.206. The predicted octanol–water partition coefficient (Wildman–Crippen LogP) is 4.39. The lowest BCUT2D eigenvalue weighted by molar-refractivity contribution is -0.144. The maximum absolute atomic E-state index is 11.7. The van der Waals surface area contributed by atoms with Crippen molar-refractivity contribution in [3.05, 3.63) is 35.9 Å². The second kappa shape index (κ2) is 9.90. The van der Waals surface area contributed by atoms with E-state index in [4.69, 9.17) is 4.74 Å². The third-order valence-corrected chi connectivity index (χ3v) is 3.55. The summed E-state index contributed by atoms with van der Waals surface area (Å²) in [5.41, 5.74) is 1.01. The van der Waals surface area contributed by atoms with E-state index in [1.54, 1.807) is 0 Å². The quantitative estimate of drug-likeness (QED) is 0.412. The lowest BCUT2D eigenvalue weighted by Gasteiger charge is -2.10. The Morgan fingerprint density at radius 1 is 1.16 bits per heavy atom. The third-order valence-electron chi connectivity index (χ3n) is 3.08. The summed E-state index contributed by atoms with van der Waals surface area (Å²) in [6.45, 7) is 2.54. The number of rotatable bonds is 9. The number of hydrogen-bond acceptors (Lipinski definition) is 3. The SMILES string of the molecule is CCCCCCCC(S)C(=O)OCc1ccccc1. The van der Waals surface area contributed by atoms with Crippen LogP contribution in [0.4, 0.5) is 0 Å². The van der Waals surface area contributed by atoms with E-state index in [1.807, 2.05) is 30.3 Å². The van der Waals surface area contributed by atoms with Gasteiger partial charge in [0.05, 0.1) is 5.25 Å². The van der Waals surface area contributed by atoms with Gasteiger partial charge in [0, 0.05) is 0 Å². The Morgan fingerprint density at radius 3 is 2.53 bits per heavy atom. The number of esters is 1. The highest BCUT2D eigenvalue weighted by molar-refractivity contribution is 7.81. The van der Waals surface area contributed by atoms with Gasteiger partial charge < -0.3 is 4.74 Å². The fourth-order valence-corrected chi connectivity index (χ4v) is 2.14. The molecule has 19 heavy (non-hydrogen) atoms. The molecule has 2 nitrogen and oxygen atoms in total. The molecule has 0 fully saturated rings. The Kier molecular flexibility index (Phi) is 8.39. The maximum Gasteiger partial charge on any atom is 0.319 e. The van der Waals surface area contributed by atoms with E-state index >= 15 is 0 Å². The molecule has 0 bridgehead atoms. The summed E-state index contributed by atoms with van der Waals surface area (Å²) in [6.07, 6.45) is 6.79.